The average molecular weight is 269 g/mol. The second-order valence-corrected chi connectivity index (χ2v) is 5.90. The van der Waals surface area contributed by atoms with Crippen LogP contribution in [0.4, 0.5) is 0 Å². The van der Waals surface area contributed by atoms with Crippen LogP contribution in [0.3, 0.4) is 0 Å². The third kappa shape index (κ3) is 1.84. The molecule has 0 aliphatic carbocycles. The molecule has 0 bridgehead atoms. The van der Waals surface area contributed by atoms with E-state index in [9.17, 15) is 0 Å². The van der Waals surface area contributed by atoms with Crippen LogP contribution in [0.5, 0.6) is 0 Å². The van der Waals surface area contributed by atoms with E-state index in [1.807, 2.05) is 0 Å². The molecule has 0 saturated carbocycles. The number of hydrogen-bond donors (Lipinski definition) is 0. The Morgan fingerprint density at radius 3 is 2.88 bits per heavy atom. The molecule has 90 valence electrons. The number of aryl methyl sites for hydroxylation is 2. The molecule has 1 aliphatic heterocycles. The van der Waals surface area contributed by atoms with Crippen molar-refractivity contribution in [2.45, 2.75) is 32.8 Å². The molecule has 0 N–H and O–H groups in total. The SMILES string of the molecule is Cc1sc2nc(C3CCCO3)nc(Cl)c2c1C. The van der Waals surface area contributed by atoms with Gasteiger partial charge in [-0.15, -0.1) is 11.3 Å². The molecule has 0 aromatic carbocycles. The standard InChI is InChI=1S/C12H13ClN2OS/c1-6-7(2)17-12-9(6)10(13)14-11(15-12)8-4-3-5-16-8/h8H,3-5H2,1-2H3. The summed E-state index contributed by atoms with van der Waals surface area (Å²) >= 11 is 7.93. The summed E-state index contributed by atoms with van der Waals surface area (Å²) in [4.78, 5) is 11.2. The van der Waals surface area contributed by atoms with Crippen LogP contribution in [0.1, 0.15) is 35.2 Å². The van der Waals surface area contributed by atoms with Gasteiger partial charge in [0.15, 0.2) is 5.82 Å². The van der Waals surface area contributed by atoms with Gasteiger partial charge in [0.05, 0.1) is 5.39 Å². The highest BCUT2D eigenvalue weighted by molar-refractivity contribution is 7.18. The summed E-state index contributed by atoms with van der Waals surface area (Å²) in [5.74, 6) is 0.737. The maximum atomic E-state index is 6.26. The Balaban J connectivity index is 2.16. The number of nitrogens with zero attached hydrogens (tertiary/aromatic N) is 2. The van der Waals surface area contributed by atoms with Crippen molar-refractivity contribution in [2.24, 2.45) is 0 Å². The molecule has 1 aliphatic rings. The van der Waals surface area contributed by atoms with Gasteiger partial charge >= 0.3 is 0 Å². The highest BCUT2D eigenvalue weighted by Crippen LogP contribution is 2.35. The molecule has 1 unspecified atom stereocenters. The van der Waals surface area contributed by atoms with Gasteiger partial charge in [-0.3, -0.25) is 0 Å². The Kier molecular flexibility index (Phi) is 2.81. The quantitative estimate of drug-likeness (QED) is 0.738. The van der Waals surface area contributed by atoms with Gasteiger partial charge in [0.25, 0.3) is 0 Å². The Hall–Kier alpha value is -0.710. The van der Waals surface area contributed by atoms with Crippen molar-refractivity contribution >= 4 is 33.2 Å². The summed E-state index contributed by atoms with van der Waals surface area (Å²) in [7, 11) is 0. The highest BCUT2D eigenvalue weighted by atomic mass is 35.5. The van der Waals surface area contributed by atoms with E-state index >= 15 is 0 Å². The molecular weight excluding hydrogens is 256 g/mol. The van der Waals surface area contributed by atoms with Crippen LogP contribution in [-0.2, 0) is 4.74 Å². The number of fused-ring (bicyclic) bond motifs is 1. The van der Waals surface area contributed by atoms with Gasteiger partial charge in [0.1, 0.15) is 16.1 Å². The molecular formula is C12H13ClN2OS. The summed E-state index contributed by atoms with van der Waals surface area (Å²) in [6.45, 7) is 4.95. The predicted octanol–water partition coefficient (Wildman–Crippen LogP) is 3.81. The predicted molar refractivity (Wildman–Crippen MR) is 69.8 cm³/mol. The van der Waals surface area contributed by atoms with Gasteiger partial charge in [-0.25, -0.2) is 9.97 Å². The van der Waals surface area contributed by atoms with Crippen LogP contribution < -0.4 is 0 Å². The third-order valence-electron chi connectivity index (χ3n) is 3.22. The summed E-state index contributed by atoms with van der Waals surface area (Å²) in [6.07, 6.45) is 2.09. The van der Waals surface area contributed by atoms with E-state index in [2.05, 4.69) is 23.8 Å². The minimum Gasteiger partial charge on any atom is -0.370 e. The maximum absolute atomic E-state index is 6.26. The second kappa shape index (κ2) is 4.19. The molecule has 1 atom stereocenters. The Bertz CT molecular complexity index is 575. The van der Waals surface area contributed by atoms with Crippen LogP contribution in [0.15, 0.2) is 0 Å². The lowest BCUT2D eigenvalue weighted by Gasteiger charge is -2.08. The lowest BCUT2D eigenvalue weighted by Crippen LogP contribution is -2.02. The second-order valence-electron chi connectivity index (χ2n) is 4.34. The van der Waals surface area contributed by atoms with Crippen LogP contribution in [0.2, 0.25) is 5.15 Å². The van der Waals surface area contributed by atoms with E-state index in [0.717, 1.165) is 35.5 Å². The van der Waals surface area contributed by atoms with Gasteiger partial charge in [-0.1, -0.05) is 11.6 Å². The first-order valence-electron chi connectivity index (χ1n) is 5.71. The molecule has 2 aromatic heterocycles. The zero-order valence-corrected chi connectivity index (χ0v) is 11.4. The highest BCUT2D eigenvalue weighted by Gasteiger charge is 2.23. The van der Waals surface area contributed by atoms with Crippen molar-refractivity contribution in [3.8, 4) is 0 Å². The minimum atomic E-state index is 0.0274. The molecule has 2 aromatic rings. The average Bonchev–Trinajstić information content (AvgIpc) is 2.88. The molecule has 0 spiro atoms. The Labute approximate surface area is 109 Å². The molecule has 0 radical (unpaired) electrons. The van der Waals surface area contributed by atoms with Crippen molar-refractivity contribution in [3.63, 3.8) is 0 Å². The zero-order valence-electron chi connectivity index (χ0n) is 9.79. The monoisotopic (exact) mass is 268 g/mol. The number of halogens is 1. The lowest BCUT2D eigenvalue weighted by molar-refractivity contribution is 0.105. The fraction of sp³-hybridized carbons (Fsp3) is 0.500. The topological polar surface area (TPSA) is 35.0 Å². The molecule has 3 rings (SSSR count). The van der Waals surface area contributed by atoms with Gasteiger partial charge < -0.3 is 4.74 Å². The van der Waals surface area contributed by atoms with Crippen LogP contribution >= 0.6 is 22.9 Å². The van der Waals surface area contributed by atoms with Gasteiger partial charge in [-0.05, 0) is 32.3 Å². The zero-order chi connectivity index (χ0) is 12.0. The number of aromatic nitrogens is 2. The fourth-order valence-corrected chi connectivity index (χ4v) is 3.55. The summed E-state index contributed by atoms with van der Waals surface area (Å²) in [5, 5.41) is 1.55. The first-order valence-corrected chi connectivity index (χ1v) is 6.91. The normalized spacial score (nSPS) is 20.3. The smallest absolute Gasteiger partial charge is 0.160 e. The number of ether oxygens (including phenoxy) is 1. The molecule has 3 heterocycles. The van der Waals surface area contributed by atoms with Crippen molar-refractivity contribution in [3.05, 3.63) is 21.4 Å². The summed E-state index contributed by atoms with van der Waals surface area (Å²) < 4.78 is 5.60. The molecule has 5 heteroatoms. The molecule has 17 heavy (non-hydrogen) atoms. The number of thiophene rings is 1. The Morgan fingerprint density at radius 1 is 1.35 bits per heavy atom. The van der Waals surface area contributed by atoms with Crippen molar-refractivity contribution in [1.82, 2.24) is 9.97 Å². The Morgan fingerprint density at radius 2 is 2.18 bits per heavy atom. The third-order valence-corrected chi connectivity index (χ3v) is 4.59. The van der Waals surface area contributed by atoms with Gasteiger partial charge in [-0.2, -0.15) is 0 Å². The number of rotatable bonds is 1. The first kappa shape index (κ1) is 11.4. The van der Waals surface area contributed by atoms with E-state index in [-0.39, 0.29) is 6.10 Å². The van der Waals surface area contributed by atoms with Crippen molar-refractivity contribution < 1.29 is 4.74 Å². The van der Waals surface area contributed by atoms with E-state index in [4.69, 9.17) is 16.3 Å². The van der Waals surface area contributed by atoms with E-state index in [1.54, 1.807) is 11.3 Å². The molecule has 0 amide bonds. The van der Waals surface area contributed by atoms with Crippen LogP contribution in [-0.4, -0.2) is 16.6 Å². The summed E-state index contributed by atoms with van der Waals surface area (Å²) in [5.41, 5.74) is 1.19. The lowest BCUT2D eigenvalue weighted by atomic mass is 10.2. The largest absolute Gasteiger partial charge is 0.370 e. The maximum Gasteiger partial charge on any atom is 0.160 e. The summed E-state index contributed by atoms with van der Waals surface area (Å²) in [6, 6.07) is 0. The van der Waals surface area contributed by atoms with Crippen molar-refractivity contribution in [2.75, 3.05) is 6.61 Å². The number of hydrogen-bond acceptors (Lipinski definition) is 4. The van der Waals surface area contributed by atoms with Gasteiger partial charge in [0.2, 0.25) is 0 Å². The molecule has 3 nitrogen and oxygen atoms in total. The molecule has 1 saturated heterocycles. The fourth-order valence-electron chi connectivity index (χ4n) is 2.14. The minimum absolute atomic E-state index is 0.0274. The van der Waals surface area contributed by atoms with Crippen molar-refractivity contribution in [1.29, 1.82) is 0 Å². The van der Waals surface area contributed by atoms with E-state index < -0.39 is 0 Å². The van der Waals surface area contributed by atoms with Crippen LogP contribution in [0, 0.1) is 13.8 Å². The first-order chi connectivity index (χ1) is 8.16. The van der Waals surface area contributed by atoms with Gasteiger partial charge in [0, 0.05) is 11.5 Å². The van der Waals surface area contributed by atoms with Crippen LogP contribution in [0.25, 0.3) is 10.2 Å². The molecule has 1 fully saturated rings. The van der Waals surface area contributed by atoms with E-state index in [1.165, 1.54) is 10.4 Å². The van der Waals surface area contributed by atoms with E-state index in [0.29, 0.717) is 5.15 Å².